The molecule has 1 aromatic carbocycles. The molecule has 0 N–H and O–H groups in total. The summed E-state index contributed by atoms with van der Waals surface area (Å²) in [7, 11) is -2.32. The zero-order chi connectivity index (χ0) is 11.9. The molecule has 0 bridgehead atoms. The van der Waals surface area contributed by atoms with Crippen molar-refractivity contribution >= 4 is 49.1 Å². The second-order valence-electron chi connectivity index (χ2n) is 6.19. The fourth-order valence-electron chi connectivity index (χ4n) is 1.57. The van der Waals surface area contributed by atoms with Gasteiger partial charge in [-0.2, -0.15) is 0 Å². The molecule has 0 saturated carbocycles. The van der Waals surface area contributed by atoms with Gasteiger partial charge in [-0.15, -0.1) is 0 Å². The smallest absolute Gasteiger partial charge is 0.0656 e. The molecule has 0 heterocycles. The molecule has 1 rings (SSSR count). The molecule has 1 aromatic rings. The van der Waals surface area contributed by atoms with E-state index in [0.29, 0.717) is 0 Å². The molecule has 0 aliphatic heterocycles. The predicted molar refractivity (Wildman–Crippen MR) is 85.1 cm³/mol. The molecule has 0 spiro atoms. The molecule has 0 fully saturated rings. The molecule has 0 atom stereocenters. The molecule has 0 saturated heterocycles. The van der Waals surface area contributed by atoms with Crippen LogP contribution in [0.2, 0.25) is 39.3 Å². The summed E-state index contributed by atoms with van der Waals surface area (Å²) >= 11 is 2.48. The number of halogens is 1. The van der Waals surface area contributed by atoms with Gasteiger partial charge in [0.25, 0.3) is 0 Å². The van der Waals surface area contributed by atoms with Crippen LogP contribution in [0.1, 0.15) is 0 Å². The van der Waals surface area contributed by atoms with E-state index in [0.717, 1.165) is 0 Å². The maximum atomic E-state index is 2.49. The minimum atomic E-state index is -1.17. The first-order valence-corrected chi connectivity index (χ1v) is 13.5. The third-order valence-electron chi connectivity index (χ3n) is 2.64. The van der Waals surface area contributed by atoms with E-state index >= 15 is 0 Å². The minimum Gasteiger partial charge on any atom is -0.0656 e. The molecular formula is C12H21ISi2. The van der Waals surface area contributed by atoms with E-state index in [-0.39, 0.29) is 0 Å². The number of rotatable bonds is 2. The summed E-state index contributed by atoms with van der Waals surface area (Å²) in [4.78, 5) is 0. The standard InChI is InChI=1S/C12H21ISi2/c1-14(2,3)10-7-8-11(13)12(9-10)15(4,5)6/h7-9H,1-6H3. The zero-order valence-corrected chi connectivity index (χ0v) is 14.8. The van der Waals surface area contributed by atoms with Crippen LogP contribution in [0.3, 0.4) is 0 Å². The van der Waals surface area contributed by atoms with Gasteiger partial charge in [0.15, 0.2) is 0 Å². The number of hydrogen-bond donors (Lipinski definition) is 0. The van der Waals surface area contributed by atoms with Crippen LogP contribution in [0.4, 0.5) is 0 Å². The summed E-state index contributed by atoms with van der Waals surface area (Å²) in [6, 6.07) is 7.12. The van der Waals surface area contributed by atoms with Gasteiger partial charge in [-0.1, -0.05) is 56.6 Å². The van der Waals surface area contributed by atoms with Crippen LogP contribution in [0, 0.1) is 3.57 Å². The van der Waals surface area contributed by atoms with Gasteiger partial charge in [-0.25, -0.2) is 0 Å². The van der Waals surface area contributed by atoms with Gasteiger partial charge in [0, 0.05) is 3.57 Å². The molecule has 0 aromatic heterocycles. The lowest BCUT2D eigenvalue weighted by Crippen LogP contribution is -2.46. The van der Waals surface area contributed by atoms with Gasteiger partial charge >= 0.3 is 0 Å². The number of benzene rings is 1. The highest BCUT2D eigenvalue weighted by Gasteiger charge is 2.23. The lowest BCUT2D eigenvalue weighted by molar-refractivity contribution is 1.63. The van der Waals surface area contributed by atoms with Gasteiger partial charge in [0.1, 0.15) is 0 Å². The molecule has 0 unspecified atom stereocenters. The van der Waals surface area contributed by atoms with Gasteiger partial charge in [0.05, 0.1) is 16.1 Å². The fourth-order valence-corrected chi connectivity index (χ4v) is 7.02. The summed E-state index contributed by atoms with van der Waals surface area (Å²) in [6.07, 6.45) is 0. The van der Waals surface area contributed by atoms with E-state index in [4.69, 9.17) is 0 Å². The Morgan fingerprint density at radius 3 is 1.80 bits per heavy atom. The van der Waals surface area contributed by atoms with Crippen LogP contribution in [0.15, 0.2) is 18.2 Å². The Kier molecular flexibility index (Phi) is 3.89. The van der Waals surface area contributed by atoms with E-state index < -0.39 is 16.1 Å². The van der Waals surface area contributed by atoms with Crippen molar-refractivity contribution in [1.29, 1.82) is 0 Å². The second kappa shape index (κ2) is 4.33. The summed E-state index contributed by atoms with van der Waals surface area (Å²) in [5.41, 5.74) is 0. The molecule has 0 nitrogen and oxygen atoms in total. The molecule has 84 valence electrons. The van der Waals surface area contributed by atoms with E-state index in [2.05, 4.69) is 80.1 Å². The second-order valence-corrected chi connectivity index (χ2v) is 17.5. The SMILES string of the molecule is C[Si](C)(C)c1ccc(I)c([Si](C)(C)C)c1. The normalized spacial score (nSPS) is 13.0. The average molecular weight is 348 g/mol. The molecule has 0 aliphatic rings. The van der Waals surface area contributed by atoms with Crippen molar-refractivity contribution in [3.05, 3.63) is 21.8 Å². The Bertz CT molecular complexity index is 359. The maximum absolute atomic E-state index is 2.49. The van der Waals surface area contributed by atoms with E-state index in [1.165, 1.54) is 3.57 Å². The molecular weight excluding hydrogens is 327 g/mol. The van der Waals surface area contributed by atoms with Gasteiger partial charge < -0.3 is 0 Å². The van der Waals surface area contributed by atoms with E-state index in [1.807, 2.05) is 0 Å². The van der Waals surface area contributed by atoms with Crippen LogP contribution >= 0.6 is 22.6 Å². The third kappa shape index (κ3) is 3.42. The van der Waals surface area contributed by atoms with Crippen LogP contribution in [0.5, 0.6) is 0 Å². The largest absolute Gasteiger partial charge is 0.0789 e. The highest BCUT2D eigenvalue weighted by atomic mass is 127. The average Bonchev–Trinajstić information content (AvgIpc) is 2.00. The Labute approximate surface area is 110 Å². The molecule has 15 heavy (non-hydrogen) atoms. The lowest BCUT2D eigenvalue weighted by Gasteiger charge is -2.23. The monoisotopic (exact) mass is 348 g/mol. The number of hydrogen-bond acceptors (Lipinski definition) is 0. The Morgan fingerprint density at radius 1 is 0.867 bits per heavy atom. The van der Waals surface area contributed by atoms with Crippen LogP contribution < -0.4 is 10.4 Å². The summed E-state index contributed by atoms with van der Waals surface area (Å²) in [5.74, 6) is 0. The van der Waals surface area contributed by atoms with Crippen molar-refractivity contribution in [2.75, 3.05) is 0 Å². The lowest BCUT2D eigenvalue weighted by atomic mass is 10.4. The van der Waals surface area contributed by atoms with Crippen molar-refractivity contribution < 1.29 is 0 Å². The van der Waals surface area contributed by atoms with Crippen molar-refractivity contribution in [1.82, 2.24) is 0 Å². The molecule has 3 heteroatoms. The van der Waals surface area contributed by atoms with E-state index in [9.17, 15) is 0 Å². The van der Waals surface area contributed by atoms with E-state index in [1.54, 1.807) is 10.4 Å². The van der Waals surface area contributed by atoms with Crippen molar-refractivity contribution in [3.63, 3.8) is 0 Å². The van der Waals surface area contributed by atoms with Crippen LogP contribution in [-0.2, 0) is 0 Å². The Balaban J connectivity index is 3.30. The zero-order valence-electron chi connectivity index (χ0n) is 10.6. The first kappa shape index (κ1) is 13.4. The van der Waals surface area contributed by atoms with Crippen molar-refractivity contribution in [2.24, 2.45) is 0 Å². The molecule has 0 aliphatic carbocycles. The Hall–Kier alpha value is 0.384. The quantitative estimate of drug-likeness (QED) is 0.568. The van der Waals surface area contributed by atoms with Crippen LogP contribution in [-0.4, -0.2) is 16.1 Å². The van der Waals surface area contributed by atoms with Crippen molar-refractivity contribution in [3.8, 4) is 0 Å². The summed E-state index contributed by atoms with van der Waals surface area (Å²) < 4.78 is 1.45. The first-order chi connectivity index (χ1) is 6.62. The fraction of sp³-hybridized carbons (Fsp3) is 0.500. The van der Waals surface area contributed by atoms with Gasteiger partial charge in [-0.05, 0) is 33.8 Å². The summed E-state index contributed by atoms with van der Waals surface area (Å²) in [5, 5.41) is 3.23. The molecule has 0 radical (unpaired) electrons. The van der Waals surface area contributed by atoms with Crippen molar-refractivity contribution in [2.45, 2.75) is 39.3 Å². The highest BCUT2D eigenvalue weighted by Crippen LogP contribution is 2.11. The van der Waals surface area contributed by atoms with Gasteiger partial charge in [-0.3, -0.25) is 0 Å². The minimum absolute atomic E-state index is 1.15. The first-order valence-electron chi connectivity index (χ1n) is 5.43. The molecule has 0 amide bonds. The third-order valence-corrected chi connectivity index (χ3v) is 8.16. The topological polar surface area (TPSA) is 0 Å². The Morgan fingerprint density at radius 2 is 1.40 bits per heavy atom. The van der Waals surface area contributed by atoms with Crippen LogP contribution in [0.25, 0.3) is 0 Å². The summed E-state index contributed by atoms with van der Waals surface area (Å²) in [6.45, 7) is 14.5. The maximum Gasteiger partial charge on any atom is 0.0789 e. The van der Waals surface area contributed by atoms with Gasteiger partial charge in [0.2, 0.25) is 0 Å². The predicted octanol–water partition coefficient (Wildman–Crippen LogP) is 3.38. The highest BCUT2D eigenvalue weighted by molar-refractivity contribution is 14.1.